The largest absolute Gasteiger partial charge is 0.496 e. The summed E-state index contributed by atoms with van der Waals surface area (Å²) in [6.07, 6.45) is 1.72. The molecule has 0 spiro atoms. The van der Waals surface area contributed by atoms with Crippen molar-refractivity contribution < 1.29 is 19.1 Å². The summed E-state index contributed by atoms with van der Waals surface area (Å²) in [6, 6.07) is 5.26. The van der Waals surface area contributed by atoms with Gasteiger partial charge in [-0.25, -0.2) is 4.79 Å². The van der Waals surface area contributed by atoms with Crippen LogP contribution in [0, 0.1) is 0 Å². The van der Waals surface area contributed by atoms with Crippen LogP contribution in [-0.4, -0.2) is 38.6 Å². The lowest BCUT2D eigenvalue weighted by atomic mass is 9.89. The molecule has 1 aromatic rings. The molecule has 1 heterocycles. The van der Waals surface area contributed by atoms with Crippen LogP contribution in [0.5, 0.6) is 5.75 Å². The molecule has 0 bridgehead atoms. The van der Waals surface area contributed by atoms with Crippen LogP contribution in [0.15, 0.2) is 30.9 Å². The second kappa shape index (κ2) is 5.00. The number of ketones is 1. The molecule has 0 saturated heterocycles. The highest BCUT2D eigenvalue weighted by molar-refractivity contribution is 6.26. The first-order chi connectivity index (χ1) is 9.54. The van der Waals surface area contributed by atoms with E-state index in [4.69, 9.17) is 9.47 Å². The third kappa shape index (κ3) is 1.62. The van der Waals surface area contributed by atoms with Crippen molar-refractivity contribution in [2.45, 2.75) is 12.0 Å². The minimum Gasteiger partial charge on any atom is -0.496 e. The number of anilines is 1. The maximum absolute atomic E-state index is 12.8. The number of ether oxygens (including phenoxy) is 2. The van der Waals surface area contributed by atoms with Gasteiger partial charge in [0.1, 0.15) is 5.75 Å². The molecule has 0 aromatic heterocycles. The lowest BCUT2D eigenvalue weighted by Crippen LogP contribution is -2.55. The van der Waals surface area contributed by atoms with Gasteiger partial charge in [0.25, 0.3) is 0 Å². The second-order valence-corrected chi connectivity index (χ2v) is 4.59. The molecule has 106 valence electrons. The van der Waals surface area contributed by atoms with Gasteiger partial charge in [-0.1, -0.05) is 12.1 Å². The van der Waals surface area contributed by atoms with Gasteiger partial charge in [0.05, 0.1) is 25.5 Å². The molecule has 5 nitrogen and oxygen atoms in total. The van der Waals surface area contributed by atoms with Crippen LogP contribution in [0.3, 0.4) is 0 Å². The molecule has 1 atom stereocenters. The Bertz CT molecular complexity index is 581. The summed E-state index contributed by atoms with van der Waals surface area (Å²) >= 11 is 0. The Morgan fingerprint density at radius 2 is 2.15 bits per heavy atom. The van der Waals surface area contributed by atoms with Crippen LogP contribution in [0.1, 0.15) is 16.8 Å². The van der Waals surface area contributed by atoms with E-state index in [1.165, 1.54) is 14.2 Å². The van der Waals surface area contributed by atoms with Gasteiger partial charge in [-0.3, -0.25) is 4.79 Å². The van der Waals surface area contributed by atoms with E-state index in [1.54, 1.807) is 36.2 Å². The first kappa shape index (κ1) is 14.1. The maximum Gasteiger partial charge on any atom is 0.340 e. The molecule has 0 aliphatic carbocycles. The average Bonchev–Trinajstić information content (AvgIpc) is 2.69. The smallest absolute Gasteiger partial charge is 0.340 e. The molecule has 1 aliphatic rings. The summed E-state index contributed by atoms with van der Waals surface area (Å²) in [7, 11) is 4.46. The van der Waals surface area contributed by atoms with Crippen LogP contribution >= 0.6 is 0 Å². The zero-order chi connectivity index (χ0) is 14.9. The molecule has 1 aromatic carbocycles. The second-order valence-electron chi connectivity index (χ2n) is 4.59. The zero-order valence-corrected chi connectivity index (χ0v) is 11.8. The monoisotopic (exact) mass is 275 g/mol. The Kier molecular flexibility index (Phi) is 3.53. The van der Waals surface area contributed by atoms with Crippen molar-refractivity contribution in [3.63, 3.8) is 0 Å². The van der Waals surface area contributed by atoms with Gasteiger partial charge < -0.3 is 14.4 Å². The zero-order valence-electron chi connectivity index (χ0n) is 11.8. The molecule has 0 radical (unpaired) electrons. The van der Waals surface area contributed by atoms with E-state index in [9.17, 15) is 9.59 Å². The van der Waals surface area contributed by atoms with Crippen molar-refractivity contribution in [3.8, 4) is 5.75 Å². The topological polar surface area (TPSA) is 55.8 Å². The number of carbonyl (C=O) groups excluding carboxylic acids is 2. The summed E-state index contributed by atoms with van der Waals surface area (Å²) in [5.41, 5.74) is -0.334. The molecule has 5 heteroatoms. The lowest BCUT2D eigenvalue weighted by molar-refractivity contribution is -0.144. The number of carbonyl (C=O) groups is 2. The molecule has 0 saturated carbocycles. The molecule has 0 fully saturated rings. The number of likely N-dealkylation sites (N-methyl/N-ethyl adjacent to an activating group) is 1. The number of rotatable bonds is 4. The van der Waals surface area contributed by atoms with Crippen molar-refractivity contribution in [1.82, 2.24) is 0 Å². The molecule has 0 N–H and O–H groups in total. The van der Waals surface area contributed by atoms with E-state index in [0.717, 1.165) is 0 Å². The van der Waals surface area contributed by atoms with Crippen molar-refractivity contribution in [2.75, 3.05) is 26.2 Å². The minimum atomic E-state index is -1.40. The van der Waals surface area contributed by atoms with Crippen LogP contribution in [0.4, 0.5) is 5.69 Å². The highest BCUT2D eigenvalue weighted by Crippen LogP contribution is 2.44. The Balaban J connectivity index is 2.68. The van der Waals surface area contributed by atoms with Gasteiger partial charge in [-0.05, 0) is 12.1 Å². The van der Waals surface area contributed by atoms with Gasteiger partial charge in [0, 0.05) is 13.5 Å². The van der Waals surface area contributed by atoms with Gasteiger partial charge in [-0.15, -0.1) is 6.58 Å². The third-order valence-electron chi connectivity index (χ3n) is 3.72. The first-order valence-electron chi connectivity index (χ1n) is 6.19. The van der Waals surface area contributed by atoms with Crippen LogP contribution in [0.2, 0.25) is 0 Å². The van der Waals surface area contributed by atoms with Crippen molar-refractivity contribution in [1.29, 1.82) is 0 Å². The molecule has 2 rings (SSSR count). The van der Waals surface area contributed by atoms with Crippen molar-refractivity contribution in [2.24, 2.45) is 0 Å². The van der Waals surface area contributed by atoms with Gasteiger partial charge in [0.2, 0.25) is 11.3 Å². The van der Waals surface area contributed by atoms with E-state index < -0.39 is 11.5 Å². The van der Waals surface area contributed by atoms with Gasteiger partial charge in [-0.2, -0.15) is 0 Å². The summed E-state index contributed by atoms with van der Waals surface area (Å²) in [6.45, 7) is 3.64. The van der Waals surface area contributed by atoms with E-state index >= 15 is 0 Å². The summed E-state index contributed by atoms with van der Waals surface area (Å²) in [5.74, 6) is -0.462. The number of Topliss-reactive ketones (excluding diaryl/α,β-unsaturated/α-hetero) is 1. The standard InChI is InChI=1S/C15H17NO4/c1-5-9-15(14(18)20-4)13(17)12-10(16(15)2)7-6-8-11(12)19-3/h5-8H,1,9H2,2-4H3. The molecule has 0 amide bonds. The quantitative estimate of drug-likeness (QED) is 0.476. The summed E-state index contributed by atoms with van der Waals surface area (Å²) in [5, 5.41) is 0. The predicted molar refractivity (Wildman–Crippen MR) is 75.3 cm³/mol. The van der Waals surface area contributed by atoms with E-state index in [1.807, 2.05) is 0 Å². The lowest BCUT2D eigenvalue weighted by Gasteiger charge is -2.32. The SMILES string of the molecule is C=CCC1(C(=O)OC)C(=O)c2c(OC)cccc2N1C. The van der Waals surface area contributed by atoms with Crippen molar-refractivity contribution in [3.05, 3.63) is 36.4 Å². The molecular weight excluding hydrogens is 258 g/mol. The number of esters is 1. The number of methoxy groups -OCH3 is 2. The van der Waals surface area contributed by atoms with Crippen LogP contribution in [0.25, 0.3) is 0 Å². The first-order valence-corrected chi connectivity index (χ1v) is 6.19. The predicted octanol–water partition coefficient (Wildman–Crippen LogP) is 1.82. The Hall–Kier alpha value is -2.30. The fourth-order valence-electron chi connectivity index (χ4n) is 2.68. The van der Waals surface area contributed by atoms with Gasteiger partial charge >= 0.3 is 5.97 Å². The fraction of sp³-hybridized carbons (Fsp3) is 0.333. The summed E-state index contributed by atoms with van der Waals surface area (Å²) in [4.78, 5) is 26.7. The van der Waals surface area contributed by atoms with E-state index in [0.29, 0.717) is 17.0 Å². The number of hydrogen-bond acceptors (Lipinski definition) is 5. The van der Waals surface area contributed by atoms with Gasteiger partial charge in [0.15, 0.2) is 0 Å². The number of benzene rings is 1. The maximum atomic E-state index is 12.8. The minimum absolute atomic E-state index is 0.173. The highest BCUT2D eigenvalue weighted by atomic mass is 16.5. The fourth-order valence-corrected chi connectivity index (χ4v) is 2.68. The average molecular weight is 275 g/mol. The number of nitrogens with zero attached hydrogens (tertiary/aromatic N) is 1. The third-order valence-corrected chi connectivity index (χ3v) is 3.72. The van der Waals surface area contributed by atoms with Crippen molar-refractivity contribution >= 4 is 17.4 Å². The van der Waals surface area contributed by atoms with E-state index in [2.05, 4.69) is 6.58 Å². The highest BCUT2D eigenvalue weighted by Gasteiger charge is 2.56. The molecule has 1 unspecified atom stereocenters. The Morgan fingerprint density at radius 1 is 1.45 bits per heavy atom. The Labute approximate surface area is 117 Å². The van der Waals surface area contributed by atoms with E-state index in [-0.39, 0.29) is 12.2 Å². The van der Waals surface area contributed by atoms with Crippen LogP contribution < -0.4 is 9.64 Å². The number of hydrogen-bond donors (Lipinski definition) is 0. The molecule has 20 heavy (non-hydrogen) atoms. The molecular formula is C15H17NO4. The van der Waals surface area contributed by atoms with Crippen LogP contribution in [-0.2, 0) is 9.53 Å². The summed E-state index contributed by atoms with van der Waals surface area (Å²) < 4.78 is 10.1. The normalized spacial score (nSPS) is 20.6. The number of fused-ring (bicyclic) bond motifs is 1. The Morgan fingerprint density at radius 3 is 2.70 bits per heavy atom. The molecule has 1 aliphatic heterocycles.